The van der Waals surface area contributed by atoms with Gasteiger partial charge >= 0.3 is 0 Å². The summed E-state index contributed by atoms with van der Waals surface area (Å²) in [5.41, 5.74) is 7.09. The van der Waals surface area contributed by atoms with Crippen LogP contribution in [-0.2, 0) is 16.0 Å². The lowest BCUT2D eigenvalue weighted by molar-refractivity contribution is -0.125. The summed E-state index contributed by atoms with van der Waals surface area (Å²) in [4.78, 5) is 12.6. The van der Waals surface area contributed by atoms with E-state index in [4.69, 9.17) is 10.5 Å². The van der Waals surface area contributed by atoms with E-state index in [1.165, 1.54) is 0 Å². The topological polar surface area (TPSA) is 64.3 Å². The number of hydrogen-bond acceptors (Lipinski definition) is 3. The first-order valence-corrected chi connectivity index (χ1v) is 9.03. The van der Waals surface area contributed by atoms with Gasteiger partial charge in [-0.1, -0.05) is 41.9 Å². The summed E-state index contributed by atoms with van der Waals surface area (Å²) in [6.07, 6.45) is 3.09. The van der Waals surface area contributed by atoms with E-state index < -0.39 is 0 Å². The number of nitrogens with one attached hydrogen (secondary N) is 1. The number of nitrogens with two attached hydrogens (primary N) is 1. The second-order valence-electron chi connectivity index (χ2n) is 6.10. The van der Waals surface area contributed by atoms with Crippen LogP contribution in [0.3, 0.4) is 0 Å². The first kappa shape index (κ1) is 23.4. The maximum Gasteiger partial charge on any atom is 0.223 e. The van der Waals surface area contributed by atoms with Crippen LogP contribution in [0.4, 0.5) is 0 Å². The molecule has 1 aromatic rings. The zero-order valence-corrected chi connectivity index (χ0v) is 17.2. The lowest BCUT2D eigenvalue weighted by Gasteiger charge is -2.28. The van der Waals surface area contributed by atoms with Crippen LogP contribution in [0.2, 0.25) is 0 Å². The summed E-state index contributed by atoms with van der Waals surface area (Å²) >= 11 is 3.48. The molecule has 0 bridgehead atoms. The maximum atomic E-state index is 12.6. The molecule has 4 nitrogen and oxygen atoms in total. The average Bonchev–Trinajstić information content (AvgIpc) is 2.56. The van der Waals surface area contributed by atoms with Gasteiger partial charge in [0.15, 0.2) is 0 Å². The van der Waals surface area contributed by atoms with Crippen LogP contribution < -0.4 is 11.1 Å². The van der Waals surface area contributed by atoms with Crippen LogP contribution in [0.15, 0.2) is 28.7 Å². The van der Waals surface area contributed by atoms with Crippen molar-refractivity contribution in [3.8, 4) is 0 Å². The second kappa shape index (κ2) is 11.9. The molecular formula is C18H30BrClN2O2. The number of hydrogen-bond donors (Lipinski definition) is 2. The Morgan fingerprint density at radius 3 is 2.58 bits per heavy atom. The molecule has 0 saturated carbocycles. The predicted molar refractivity (Wildman–Crippen MR) is 106 cm³/mol. The molecular weight excluding hydrogens is 392 g/mol. The van der Waals surface area contributed by atoms with E-state index in [0.29, 0.717) is 26.0 Å². The lowest BCUT2D eigenvalue weighted by atomic mass is 9.92. The van der Waals surface area contributed by atoms with Gasteiger partial charge in [0.25, 0.3) is 0 Å². The Labute approximate surface area is 160 Å². The second-order valence-corrected chi connectivity index (χ2v) is 7.02. The lowest BCUT2D eigenvalue weighted by Crippen LogP contribution is -2.50. The maximum absolute atomic E-state index is 12.6. The fraction of sp³-hybridized carbons (Fsp3) is 0.611. The van der Waals surface area contributed by atoms with E-state index in [9.17, 15) is 4.79 Å². The molecule has 6 heteroatoms. The molecule has 0 aliphatic rings. The first-order chi connectivity index (χ1) is 10.9. The molecule has 0 saturated heterocycles. The van der Waals surface area contributed by atoms with Gasteiger partial charge in [0.2, 0.25) is 5.91 Å². The van der Waals surface area contributed by atoms with E-state index >= 15 is 0 Å². The van der Waals surface area contributed by atoms with Crippen molar-refractivity contribution >= 4 is 34.2 Å². The molecule has 138 valence electrons. The normalized spacial score (nSPS) is 12.4. The van der Waals surface area contributed by atoms with Gasteiger partial charge in [-0.3, -0.25) is 4.79 Å². The van der Waals surface area contributed by atoms with Crippen molar-refractivity contribution < 1.29 is 9.53 Å². The van der Waals surface area contributed by atoms with Crippen LogP contribution in [0, 0.1) is 5.92 Å². The zero-order chi connectivity index (χ0) is 17.3. The Morgan fingerprint density at radius 2 is 2.04 bits per heavy atom. The third-order valence-corrected chi connectivity index (χ3v) is 4.93. The Bertz CT molecular complexity index is 496. The molecule has 1 unspecified atom stereocenters. The average molecular weight is 422 g/mol. The highest BCUT2D eigenvalue weighted by Gasteiger charge is 2.24. The van der Waals surface area contributed by atoms with Crippen LogP contribution in [0.25, 0.3) is 0 Å². The minimum atomic E-state index is -0.322. The van der Waals surface area contributed by atoms with Gasteiger partial charge < -0.3 is 15.8 Å². The summed E-state index contributed by atoms with van der Waals surface area (Å²) in [6.45, 7) is 5.20. The van der Waals surface area contributed by atoms with Crippen LogP contribution in [-0.4, -0.2) is 31.7 Å². The SMILES string of the molecule is CCC(N)(CC)CNC(=O)C(CCOC)Cc1cccc(Br)c1.Cl. The van der Waals surface area contributed by atoms with Gasteiger partial charge in [0.1, 0.15) is 0 Å². The highest BCUT2D eigenvalue weighted by Crippen LogP contribution is 2.18. The molecule has 0 aliphatic carbocycles. The fourth-order valence-corrected chi connectivity index (χ4v) is 2.89. The Kier molecular flexibility index (Phi) is 11.5. The summed E-state index contributed by atoms with van der Waals surface area (Å²) < 4.78 is 6.18. The highest BCUT2D eigenvalue weighted by atomic mass is 79.9. The molecule has 0 aromatic heterocycles. The number of rotatable bonds is 10. The number of methoxy groups -OCH3 is 1. The Morgan fingerprint density at radius 1 is 1.38 bits per heavy atom. The van der Waals surface area contributed by atoms with Crippen molar-refractivity contribution in [1.82, 2.24) is 5.32 Å². The molecule has 0 aliphatic heterocycles. The van der Waals surface area contributed by atoms with Crippen molar-refractivity contribution in [3.05, 3.63) is 34.3 Å². The largest absolute Gasteiger partial charge is 0.385 e. The number of benzene rings is 1. The molecule has 1 aromatic carbocycles. The standard InChI is InChI=1S/C18H29BrN2O2.ClH/c1-4-18(20,5-2)13-21-17(22)15(9-10-23-3)11-14-7-6-8-16(19)12-14;/h6-8,12,15H,4-5,9-11,13,20H2,1-3H3,(H,21,22);1H. The molecule has 24 heavy (non-hydrogen) atoms. The van der Waals surface area contributed by atoms with Gasteiger partial charge in [-0.25, -0.2) is 0 Å². The third-order valence-electron chi connectivity index (χ3n) is 4.44. The molecule has 0 radical (unpaired) electrons. The van der Waals surface area contributed by atoms with Gasteiger partial charge in [0.05, 0.1) is 0 Å². The summed E-state index contributed by atoms with van der Waals surface area (Å²) in [6, 6.07) is 8.07. The van der Waals surface area contributed by atoms with Crippen LogP contribution in [0.1, 0.15) is 38.7 Å². The van der Waals surface area contributed by atoms with Crippen LogP contribution >= 0.6 is 28.3 Å². The number of ether oxygens (including phenoxy) is 1. The van der Waals surface area contributed by atoms with E-state index in [1.807, 2.05) is 18.2 Å². The molecule has 0 heterocycles. The zero-order valence-electron chi connectivity index (χ0n) is 14.8. The van der Waals surface area contributed by atoms with Gasteiger partial charge in [-0.05, 0) is 43.4 Å². The van der Waals surface area contributed by atoms with E-state index in [1.54, 1.807) is 7.11 Å². The van der Waals surface area contributed by atoms with Crippen molar-refractivity contribution in [2.75, 3.05) is 20.3 Å². The van der Waals surface area contributed by atoms with E-state index in [2.05, 4.69) is 41.2 Å². The molecule has 1 atom stereocenters. The van der Waals surface area contributed by atoms with Gasteiger partial charge in [-0.2, -0.15) is 0 Å². The Hall–Kier alpha value is -0.620. The smallest absolute Gasteiger partial charge is 0.223 e. The monoisotopic (exact) mass is 420 g/mol. The first-order valence-electron chi connectivity index (χ1n) is 8.24. The fourth-order valence-electron chi connectivity index (χ4n) is 2.44. The molecule has 0 spiro atoms. The van der Waals surface area contributed by atoms with Crippen molar-refractivity contribution in [3.63, 3.8) is 0 Å². The number of amides is 1. The number of halogens is 2. The molecule has 3 N–H and O–H groups in total. The predicted octanol–water partition coefficient (Wildman–Crippen LogP) is 3.70. The Balaban J connectivity index is 0.00000529. The van der Waals surface area contributed by atoms with E-state index in [-0.39, 0.29) is 29.8 Å². The third kappa shape index (κ3) is 7.97. The van der Waals surface area contributed by atoms with Gasteiger partial charge in [-0.15, -0.1) is 12.4 Å². The summed E-state index contributed by atoms with van der Waals surface area (Å²) in [5, 5.41) is 3.04. The molecule has 1 rings (SSSR count). The van der Waals surface area contributed by atoms with E-state index in [0.717, 1.165) is 22.9 Å². The molecule has 0 fully saturated rings. The van der Waals surface area contributed by atoms with Gasteiger partial charge in [0, 0.05) is 36.2 Å². The van der Waals surface area contributed by atoms with Crippen LogP contribution in [0.5, 0.6) is 0 Å². The molecule has 1 amide bonds. The number of carbonyl (C=O) groups is 1. The highest BCUT2D eigenvalue weighted by molar-refractivity contribution is 9.10. The summed E-state index contributed by atoms with van der Waals surface area (Å²) in [5.74, 6) is -0.0547. The quantitative estimate of drug-likeness (QED) is 0.605. The van der Waals surface area contributed by atoms with Crippen molar-refractivity contribution in [1.29, 1.82) is 0 Å². The number of carbonyl (C=O) groups excluding carboxylic acids is 1. The van der Waals surface area contributed by atoms with Crippen molar-refractivity contribution in [2.24, 2.45) is 11.7 Å². The minimum absolute atomic E-state index is 0. The van der Waals surface area contributed by atoms with Crippen molar-refractivity contribution in [2.45, 2.75) is 45.1 Å². The minimum Gasteiger partial charge on any atom is -0.385 e. The summed E-state index contributed by atoms with van der Waals surface area (Å²) in [7, 11) is 1.66.